The van der Waals surface area contributed by atoms with Crippen LogP contribution >= 0.6 is 0 Å². The molecule has 31 heavy (non-hydrogen) atoms. The van der Waals surface area contributed by atoms with Crippen molar-refractivity contribution >= 4 is 10.9 Å². The minimum Gasteiger partial charge on any atom is -0.496 e. The maximum Gasteiger partial charge on any atom is 0.267 e. The molecule has 2 heterocycles. The highest BCUT2D eigenvalue weighted by Gasteiger charge is 2.46. The molecule has 5 nitrogen and oxygen atoms in total. The number of aromatic amines is 1. The second kappa shape index (κ2) is 8.74. The molecular formula is C22H24F4N2O3. The summed E-state index contributed by atoms with van der Waals surface area (Å²) in [5.74, 6) is -0.152. The second-order valence-electron chi connectivity index (χ2n) is 7.91. The normalized spacial score (nSPS) is 15.6. The van der Waals surface area contributed by atoms with Crippen molar-refractivity contribution in [2.24, 2.45) is 0 Å². The van der Waals surface area contributed by atoms with E-state index in [-0.39, 0.29) is 11.3 Å². The fourth-order valence-electron chi connectivity index (χ4n) is 3.87. The Morgan fingerprint density at radius 1 is 1.16 bits per heavy atom. The summed E-state index contributed by atoms with van der Waals surface area (Å²) < 4.78 is 66.4. The number of rotatable bonds is 9. The van der Waals surface area contributed by atoms with Crippen molar-refractivity contribution in [2.75, 3.05) is 20.9 Å². The van der Waals surface area contributed by atoms with Crippen LogP contribution < -0.4 is 9.47 Å². The molecule has 0 radical (unpaired) electrons. The zero-order valence-electron chi connectivity index (χ0n) is 17.4. The van der Waals surface area contributed by atoms with Crippen LogP contribution in [0.2, 0.25) is 0 Å². The van der Waals surface area contributed by atoms with Gasteiger partial charge in [0.25, 0.3) is 6.43 Å². The lowest BCUT2D eigenvalue weighted by Gasteiger charge is -2.37. The second-order valence-corrected chi connectivity index (χ2v) is 7.91. The lowest BCUT2D eigenvalue weighted by atomic mass is 9.73. The van der Waals surface area contributed by atoms with Gasteiger partial charge in [0.05, 0.1) is 32.6 Å². The number of aromatic nitrogens is 2. The van der Waals surface area contributed by atoms with Crippen molar-refractivity contribution in [1.82, 2.24) is 9.97 Å². The van der Waals surface area contributed by atoms with Gasteiger partial charge >= 0.3 is 0 Å². The predicted molar refractivity (Wildman–Crippen MR) is 108 cm³/mol. The van der Waals surface area contributed by atoms with E-state index in [2.05, 4.69) is 9.97 Å². The van der Waals surface area contributed by atoms with Crippen molar-refractivity contribution in [2.45, 2.75) is 37.2 Å². The van der Waals surface area contributed by atoms with Gasteiger partial charge < -0.3 is 19.6 Å². The van der Waals surface area contributed by atoms with E-state index in [0.717, 1.165) is 12.1 Å². The molecule has 1 aromatic carbocycles. The van der Waals surface area contributed by atoms with Gasteiger partial charge in [0.2, 0.25) is 5.88 Å². The van der Waals surface area contributed by atoms with Crippen LogP contribution in [0.4, 0.5) is 17.6 Å². The third-order valence-corrected chi connectivity index (χ3v) is 5.45. The van der Waals surface area contributed by atoms with E-state index in [1.807, 2.05) is 0 Å². The van der Waals surface area contributed by atoms with Gasteiger partial charge in [0, 0.05) is 34.5 Å². The number of methoxy groups -OCH3 is 2. The summed E-state index contributed by atoms with van der Waals surface area (Å²) in [6, 6.07) is 6.71. The number of aliphatic hydroxyl groups is 1. The van der Waals surface area contributed by atoms with Crippen LogP contribution in [0.1, 0.15) is 24.6 Å². The number of ether oxygens (including phenoxy) is 2. The summed E-state index contributed by atoms with van der Waals surface area (Å²) in [4.78, 5) is 6.99. The summed E-state index contributed by atoms with van der Waals surface area (Å²) in [7, 11) is 2.78. The van der Waals surface area contributed by atoms with Gasteiger partial charge in [-0.3, -0.25) is 4.39 Å². The third kappa shape index (κ3) is 4.61. The number of benzene rings is 1. The number of pyridine rings is 1. The molecule has 168 valence electrons. The monoisotopic (exact) mass is 440 g/mol. The first-order chi connectivity index (χ1) is 14.6. The average Bonchev–Trinajstić information content (AvgIpc) is 3.14. The largest absolute Gasteiger partial charge is 0.496 e. The lowest BCUT2D eigenvalue weighted by Crippen LogP contribution is -2.46. The quantitative estimate of drug-likeness (QED) is 0.478. The number of halogens is 4. The standard InChI is InChI=1S/C22H24F4N2O3/c1-21(12-23,16-8-14(24)4-5-18(16)30-2)11-22(29,20(25)26)9-15-6-13-7-19(31-3)27-10-17(13)28-15/h4-8,10,20,28-29H,9,11-12H2,1-3H3. The summed E-state index contributed by atoms with van der Waals surface area (Å²) >= 11 is 0. The number of H-pyrrole nitrogens is 1. The molecule has 2 atom stereocenters. The highest BCUT2D eigenvalue weighted by atomic mass is 19.3. The van der Waals surface area contributed by atoms with Gasteiger partial charge in [-0.15, -0.1) is 0 Å². The van der Waals surface area contributed by atoms with Crippen molar-refractivity contribution in [3.05, 3.63) is 53.6 Å². The van der Waals surface area contributed by atoms with Crippen LogP contribution in [0.3, 0.4) is 0 Å². The molecule has 2 aromatic heterocycles. The zero-order valence-corrected chi connectivity index (χ0v) is 17.4. The summed E-state index contributed by atoms with van der Waals surface area (Å²) in [6.07, 6.45) is -2.83. The highest BCUT2D eigenvalue weighted by molar-refractivity contribution is 5.80. The molecule has 0 fully saturated rings. The molecule has 2 unspecified atom stereocenters. The Labute approximate surface area is 177 Å². The zero-order chi connectivity index (χ0) is 22.8. The van der Waals surface area contributed by atoms with Gasteiger partial charge in [0.15, 0.2) is 0 Å². The van der Waals surface area contributed by atoms with Crippen LogP contribution in [0.5, 0.6) is 11.6 Å². The van der Waals surface area contributed by atoms with Gasteiger partial charge in [-0.25, -0.2) is 18.2 Å². The minimum absolute atomic E-state index is 0.0714. The molecule has 3 aromatic rings. The Kier molecular flexibility index (Phi) is 6.45. The maximum absolute atomic E-state index is 14.2. The molecule has 0 aliphatic rings. The molecule has 9 heteroatoms. The third-order valence-electron chi connectivity index (χ3n) is 5.45. The molecule has 2 N–H and O–H groups in total. The van der Waals surface area contributed by atoms with Crippen LogP contribution in [0, 0.1) is 5.82 Å². The van der Waals surface area contributed by atoms with Gasteiger partial charge in [-0.1, -0.05) is 6.92 Å². The Morgan fingerprint density at radius 2 is 1.90 bits per heavy atom. The van der Waals surface area contributed by atoms with Crippen molar-refractivity contribution in [3.63, 3.8) is 0 Å². The molecular weight excluding hydrogens is 416 g/mol. The number of alkyl halides is 3. The van der Waals surface area contributed by atoms with Gasteiger partial charge in [0.1, 0.15) is 17.2 Å². The Hall–Kier alpha value is -2.81. The number of nitrogens with zero attached hydrogens (tertiary/aromatic N) is 1. The molecule has 0 bridgehead atoms. The fourth-order valence-corrected chi connectivity index (χ4v) is 3.87. The van der Waals surface area contributed by atoms with Crippen LogP contribution in [0.25, 0.3) is 10.9 Å². The van der Waals surface area contributed by atoms with E-state index >= 15 is 0 Å². The average molecular weight is 440 g/mol. The molecule has 0 aliphatic carbocycles. The van der Waals surface area contributed by atoms with Crippen LogP contribution in [-0.4, -0.2) is 48.0 Å². The van der Waals surface area contributed by atoms with Crippen molar-refractivity contribution < 1.29 is 32.1 Å². The van der Waals surface area contributed by atoms with Crippen molar-refractivity contribution in [1.29, 1.82) is 0 Å². The van der Waals surface area contributed by atoms with Gasteiger partial charge in [-0.05, 0) is 30.7 Å². The van der Waals surface area contributed by atoms with E-state index in [9.17, 15) is 22.7 Å². The topological polar surface area (TPSA) is 67.4 Å². The molecule has 0 spiro atoms. The van der Waals surface area contributed by atoms with E-state index in [4.69, 9.17) is 9.47 Å². The minimum atomic E-state index is -3.18. The summed E-state index contributed by atoms with van der Waals surface area (Å²) in [5, 5.41) is 11.6. The lowest BCUT2D eigenvalue weighted by molar-refractivity contribution is -0.113. The fraction of sp³-hybridized carbons (Fsp3) is 0.409. The van der Waals surface area contributed by atoms with Crippen LogP contribution in [0.15, 0.2) is 36.5 Å². The SMILES string of the molecule is COc1cc2cc(CC(O)(CC(C)(CF)c3cc(F)ccc3OC)C(F)F)[nH]c2cn1. The van der Waals surface area contributed by atoms with E-state index in [0.29, 0.717) is 22.5 Å². The Balaban J connectivity index is 1.97. The Bertz CT molecular complexity index is 1060. The predicted octanol–water partition coefficient (Wildman–Crippen LogP) is 4.58. The number of nitrogens with one attached hydrogen (secondary N) is 1. The molecule has 0 saturated carbocycles. The van der Waals surface area contributed by atoms with E-state index in [1.165, 1.54) is 33.4 Å². The number of hydrogen-bond donors (Lipinski definition) is 2. The Morgan fingerprint density at radius 3 is 2.52 bits per heavy atom. The highest BCUT2D eigenvalue weighted by Crippen LogP contribution is 2.42. The molecule has 0 aliphatic heterocycles. The first-order valence-corrected chi connectivity index (χ1v) is 9.56. The summed E-state index contributed by atoms with van der Waals surface area (Å²) in [6.45, 7) is 0.257. The number of hydrogen-bond acceptors (Lipinski definition) is 4. The summed E-state index contributed by atoms with van der Waals surface area (Å²) in [5.41, 5.74) is -3.23. The smallest absolute Gasteiger partial charge is 0.267 e. The first-order valence-electron chi connectivity index (χ1n) is 9.56. The van der Waals surface area contributed by atoms with E-state index < -0.39 is 42.8 Å². The van der Waals surface area contributed by atoms with Gasteiger partial charge in [-0.2, -0.15) is 0 Å². The van der Waals surface area contributed by atoms with Crippen LogP contribution in [-0.2, 0) is 11.8 Å². The first kappa shape index (κ1) is 22.9. The van der Waals surface area contributed by atoms with E-state index in [1.54, 1.807) is 12.1 Å². The molecule has 3 rings (SSSR count). The molecule has 0 amide bonds. The molecule has 0 saturated heterocycles. The number of fused-ring (bicyclic) bond motifs is 1. The van der Waals surface area contributed by atoms with Crippen molar-refractivity contribution in [3.8, 4) is 11.6 Å². The maximum atomic E-state index is 14.2.